The number of aromatic nitrogens is 1. The van der Waals surface area contributed by atoms with Gasteiger partial charge in [-0.2, -0.15) is 0 Å². The molecule has 0 radical (unpaired) electrons. The summed E-state index contributed by atoms with van der Waals surface area (Å²) < 4.78 is 0. The maximum atomic E-state index is 9.83. The van der Waals surface area contributed by atoms with Gasteiger partial charge < -0.3 is 5.11 Å². The van der Waals surface area contributed by atoms with E-state index in [4.69, 9.17) is 0 Å². The zero-order valence-electron chi connectivity index (χ0n) is 9.04. The average Bonchev–Trinajstić information content (AvgIpc) is 2.84. The molecule has 16 heavy (non-hydrogen) atoms. The molecule has 0 saturated heterocycles. The van der Waals surface area contributed by atoms with Crippen LogP contribution in [0.3, 0.4) is 0 Å². The second-order valence-electron chi connectivity index (χ2n) is 3.81. The second-order valence-corrected chi connectivity index (χ2v) is 4.53. The van der Waals surface area contributed by atoms with E-state index in [0.717, 1.165) is 25.0 Å². The summed E-state index contributed by atoms with van der Waals surface area (Å²) in [5.41, 5.74) is 3.89. The van der Waals surface area contributed by atoms with Gasteiger partial charge in [-0.15, -0.1) is 11.3 Å². The van der Waals surface area contributed by atoms with Crippen LogP contribution in [0, 0.1) is 0 Å². The third-order valence-corrected chi connectivity index (χ3v) is 3.18. The molecule has 2 rings (SSSR count). The molecule has 0 aliphatic carbocycles. The van der Waals surface area contributed by atoms with Crippen molar-refractivity contribution in [3.8, 4) is 0 Å². The highest BCUT2D eigenvalue weighted by molar-refractivity contribution is 7.07. The Morgan fingerprint density at radius 1 is 1.25 bits per heavy atom. The summed E-state index contributed by atoms with van der Waals surface area (Å²) in [6, 6.07) is 10.4. The molecule has 1 N–H and O–H groups in total. The van der Waals surface area contributed by atoms with E-state index >= 15 is 0 Å². The van der Waals surface area contributed by atoms with E-state index in [-0.39, 0.29) is 0 Å². The van der Waals surface area contributed by atoms with Gasteiger partial charge in [0.05, 0.1) is 17.3 Å². The van der Waals surface area contributed by atoms with Gasteiger partial charge in [-0.3, -0.25) is 0 Å². The number of aliphatic hydroxyl groups is 1. The van der Waals surface area contributed by atoms with E-state index in [1.165, 1.54) is 16.9 Å². The lowest BCUT2D eigenvalue weighted by atomic mass is 10.1. The fraction of sp³-hybridized carbons (Fsp3) is 0.308. The fourth-order valence-electron chi connectivity index (χ4n) is 1.68. The average molecular weight is 233 g/mol. The number of hydrogen-bond acceptors (Lipinski definition) is 3. The van der Waals surface area contributed by atoms with Crippen molar-refractivity contribution in [3.63, 3.8) is 0 Å². The van der Waals surface area contributed by atoms with Crippen LogP contribution in [-0.4, -0.2) is 10.1 Å². The number of benzene rings is 1. The molecule has 1 aromatic carbocycles. The van der Waals surface area contributed by atoms with Gasteiger partial charge in [0.25, 0.3) is 0 Å². The minimum Gasteiger partial charge on any atom is -0.387 e. The normalized spacial score (nSPS) is 12.6. The van der Waals surface area contributed by atoms with Gasteiger partial charge in [0.1, 0.15) is 0 Å². The fourth-order valence-corrected chi connectivity index (χ4v) is 2.28. The Bertz CT molecular complexity index is 399. The van der Waals surface area contributed by atoms with Crippen LogP contribution in [0.25, 0.3) is 0 Å². The van der Waals surface area contributed by atoms with Gasteiger partial charge in [-0.1, -0.05) is 30.3 Å². The summed E-state index contributed by atoms with van der Waals surface area (Å²) >= 11 is 1.53. The Morgan fingerprint density at radius 2 is 2.06 bits per heavy atom. The highest BCUT2D eigenvalue weighted by Crippen LogP contribution is 2.19. The summed E-state index contributed by atoms with van der Waals surface area (Å²) in [7, 11) is 0. The number of thiazole rings is 1. The molecule has 0 aliphatic heterocycles. The molecule has 1 unspecified atom stereocenters. The lowest BCUT2D eigenvalue weighted by molar-refractivity contribution is 0.160. The van der Waals surface area contributed by atoms with Crippen molar-refractivity contribution in [1.82, 2.24) is 4.98 Å². The predicted octanol–water partition coefficient (Wildman–Crippen LogP) is 3.20. The third kappa shape index (κ3) is 3.15. The number of aryl methyl sites for hydroxylation is 1. The maximum absolute atomic E-state index is 9.83. The first kappa shape index (κ1) is 11.3. The number of rotatable bonds is 5. The molecule has 2 aromatic rings. The van der Waals surface area contributed by atoms with Crippen molar-refractivity contribution < 1.29 is 5.11 Å². The zero-order chi connectivity index (χ0) is 11.2. The van der Waals surface area contributed by atoms with Gasteiger partial charge in [-0.25, -0.2) is 4.98 Å². The van der Waals surface area contributed by atoms with E-state index in [9.17, 15) is 5.11 Å². The van der Waals surface area contributed by atoms with Crippen molar-refractivity contribution in [2.75, 3.05) is 0 Å². The van der Waals surface area contributed by atoms with E-state index in [0.29, 0.717) is 0 Å². The number of hydrogen-bond donors (Lipinski definition) is 1. The summed E-state index contributed by atoms with van der Waals surface area (Å²) in [5.74, 6) is 0. The first-order chi connectivity index (χ1) is 7.86. The Hall–Kier alpha value is -1.19. The SMILES string of the molecule is OC(CCCc1ccccc1)c1cscn1. The summed E-state index contributed by atoms with van der Waals surface area (Å²) in [5, 5.41) is 11.7. The standard InChI is InChI=1S/C13H15NOS/c15-13(12-9-16-10-14-12)8-4-7-11-5-2-1-3-6-11/h1-3,5-6,9-10,13,15H,4,7-8H2. The van der Waals surface area contributed by atoms with E-state index in [1.54, 1.807) is 5.51 Å². The van der Waals surface area contributed by atoms with Crippen molar-refractivity contribution in [3.05, 3.63) is 52.5 Å². The lowest BCUT2D eigenvalue weighted by Crippen LogP contribution is -1.98. The maximum Gasteiger partial charge on any atom is 0.0968 e. The minimum atomic E-state index is -0.407. The third-order valence-electron chi connectivity index (χ3n) is 2.58. The van der Waals surface area contributed by atoms with Crippen molar-refractivity contribution in [2.24, 2.45) is 0 Å². The smallest absolute Gasteiger partial charge is 0.0968 e. The van der Waals surface area contributed by atoms with Crippen LogP contribution in [0.15, 0.2) is 41.2 Å². The van der Waals surface area contributed by atoms with Gasteiger partial charge in [0.15, 0.2) is 0 Å². The van der Waals surface area contributed by atoms with Crippen LogP contribution in [0.2, 0.25) is 0 Å². The molecule has 0 fully saturated rings. The molecule has 1 atom stereocenters. The van der Waals surface area contributed by atoms with Gasteiger partial charge in [0.2, 0.25) is 0 Å². The highest BCUT2D eigenvalue weighted by atomic mass is 32.1. The molecular weight excluding hydrogens is 218 g/mol. The molecule has 0 spiro atoms. The molecule has 84 valence electrons. The molecule has 2 nitrogen and oxygen atoms in total. The molecular formula is C13H15NOS. The van der Waals surface area contributed by atoms with Gasteiger partial charge in [0, 0.05) is 5.38 Å². The van der Waals surface area contributed by atoms with Crippen LogP contribution in [0.4, 0.5) is 0 Å². The quantitative estimate of drug-likeness (QED) is 0.860. The molecule has 1 heterocycles. The Balaban J connectivity index is 1.76. The minimum absolute atomic E-state index is 0.407. The Morgan fingerprint density at radius 3 is 2.75 bits per heavy atom. The molecule has 1 aromatic heterocycles. The number of nitrogens with zero attached hydrogens (tertiary/aromatic N) is 1. The molecule has 3 heteroatoms. The largest absolute Gasteiger partial charge is 0.387 e. The van der Waals surface area contributed by atoms with Gasteiger partial charge in [-0.05, 0) is 24.8 Å². The Labute approximate surface area is 99.6 Å². The summed E-state index contributed by atoms with van der Waals surface area (Å²) in [6.07, 6.45) is 2.37. The number of aliphatic hydroxyl groups excluding tert-OH is 1. The lowest BCUT2D eigenvalue weighted by Gasteiger charge is -2.07. The Kier molecular flexibility index (Phi) is 4.08. The van der Waals surface area contributed by atoms with Crippen LogP contribution in [-0.2, 0) is 6.42 Å². The zero-order valence-corrected chi connectivity index (χ0v) is 9.86. The molecule has 0 amide bonds. The van der Waals surface area contributed by atoms with Gasteiger partial charge >= 0.3 is 0 Å². The van der Waals surface area contributed by atoms with Crippen LogP contribution >= 0.6 is 11.3 Å². The van der Waals surface area contributed by atoms with Crippen molar-refractivity contribution in [2.45, 2.75) is 25.4 Å². The second kappa shape index (κ2) is 5.77. The van der Waals surface area contributed by atoms with Crippen LogP contribution in [0.1, 0.15) is 30.2 Å². The van der Waals surface area contributed by atoms with Crippen LogP contribution in [0.5, 0.6) is 0 Å². The van der Waals surface area contributed by atoms with Crippen molar-refractivity contribution in [1.29, 1.82) is 0 Å². The van der Waals surface area contributed by atoms with Crippen LogP contribution < -0.4 is 0 Å². The molecule has 0 aliphatic rings. The van der Waals surface area contributed by atoms with Crippen molar-refractivity contribution >= 4 is 11.3 Å². The topological polar surface area (TPSA) is 33.1 Å². The summed E-state index contributed by atoms with van der Waals surface area (Å²) in [4.78, 5) is 4.11. The highest BCUT2D eigenvalue weighted by Gasteiger charge is 2.08. The first-order valence-corrected chi connectivity index (χ1v) is 6.40. The molecule has 0 saturated carbocycles. The molecule has 0 bridgehead atoms. The first-order valence-electron chi connectivity index (χ1n) is 5.46. The van der Waals surface area contributed by atoms with E-state index in [1.807, 2.05) is 23.6 Å². The van der Waals surface area contributed by atoms with E-state index < -0.39 is 6.10 Å². The van der Waals surface area contributed by atoms with E-state index in [2.05, 4.69) is 17.1 Å². The summed E-state index contributed by atoms with van der Waals surface area (Å²) in [6.45, 7) is 0. The monoisotopic (exact) mass is 233 g/mol. The predicted molar refractivity (Wildman–Crippen MR) is 66.5 cm³/mol.